The van der Waals surface area contributed by atoms with Gasteiger partial charge in [0, 0.05) is 49.8 Å². The Morgan fingerprint density at radius 1 is 0.586 bits per heavy atom. The van der Waals surface area contributed by atoms with E-state index in [0.717, 1.165) is 78.1 Å². The zero-order chi connectivity index (χ0) is 39.5. The zero-order valence-electron chi connectivity index (χ0n) is 33.4. The molecular weight excluding hydrogens is 894 g/mol. The van der Waals surface area contributed by atoms with Gasteiger partial charge in [0.1, 0.15) is 11.6 Å². The predicted octanol–water partition coefficient (Wildman–Crippen LogP) is 12.5. The minimum atomic E-state index is -0.312. The van der Waals surface area contributed by atoms with Crippen LogP contribution in [0.2, 0.25) is 0 Å². The number of aromatic nitrogens is 5. The van der Waals surface area contributed by atoms with Gasteiger partial charge < -0.3 is 5.11 Å². The van der Waals surface area contributed by atoms with Crippen molar-refractivity contribution in [3.63, 3.8) is 0 Å². The van der Waals surface area contributed by atoms with Crippen LogP contribution in [0, 0.1) is 6.07 Å². The number of para-hydroxylation sites is 3. The molecule has 0 spiro atoms. The van der Waals surface area contributed by atoms with Gasteiger partial charge >= 0.3 is 0 Å². The van der Waals surface area contributed by atoms with E-state index in [2.05, 4.69) is 154 Å². The van der Waals surface area contributed by atoms with Gasteiger partial charge in [-0.15, -0.1) is 29.8 Å². The summed E-state index contributed by atoms with van der Waals surface area (Å²) in [5, 5.41) is 12.3. The minimum absolute atomic E-state index is 0. The van der Waals surface area contributed by atoms with Crippen molar-refractivity contribution in [1.29, 1.82) is 0 Å². The standard InChI is InChI=1S/C51H44N5O.Pt/c1-50(2,3)36-30-40(48(57)41(31-36)51(4,5)6)49-54-46-39(24-16-26-44(46)56(49)42-25-14-13-23-38(42)33-17-9-7-10-18-33)34-19-15-20-35(29-34)45-47-43(27-28-52-45)55(32-53-47)37-21-11-8-12-22-37;/h7-28,30-32,57H,1-6H3;/q-1;. The van der Waals surface area contributed by atoms with Crippen LogP contribution in [0.5, 0.6) is 5.75 Å². The Balaban J connectivity index is 0.00000469. The summed E-state index contributed by atoms with van der Waals surface area (Å²) in [7, 11) is 0. The molecule has 3 aromatic heterocycles. The van der Waals surface area contributed by atoms with Gasteiger partial charge in [-0.1, -0.05) is 138 Å². The Bertz CT molecular complexity index is 2930. The number of benzene rings is 6. The van der Waals surface area contributed by atoms with E-state index in [1.165, 1.54) is 0 Å². The third-order valence-corrected chi connectivity index (χ3v) is 10.8. The van der Waals surface area contributed by atoms with Crippen molar-refractivity contribution in [3.05, 3.63) is 169 Å². The van der Waals surface area contributed by atoms with Crippen LogP contribution in [-0.2, 0) is 31.9 Å². The first-order chi connectivity index (χ1) is 27.5. The Kier molecular flexibility index (Phi) is 10.0. The maximum atomic E-state index is 12.3. The van der Waals surface area contributed by atoms with Crippen molar-refractivity contribution in [1.82, 2.24) is 24.1 Å². The van der Waals surface area contributed by atoms with Crippen LogP contribution in [0.1, 0.15) is 52.7 Å². The molecular formula is C51H44N5OPt-. The van der Waals surface area contributed by atoms with Crippen molar-refractivity contribution in [2.45, 2.75) is 52.4 Å². The van der Waals surface area contributed by atoms with Crippen LogP contribution >= 0.6 is 0 Å². The number of nitrogens with zero attached hydrogens (tertiary/aromatic N) is 5. The molecule has 0 aliphatic rings. The molecule has 0 saturated heterocycles. The second-order valence-electron chi connectivity index (χ2n) is 16.7. The van der Waals surface area contributed by atoms with Crippen molar-refractivity contribution < 1.29 is 26.2 Å². The summed E-state index contributed by atoms with van der Waals surface area (Å²) < 4.78 is 4.30. The van der Waals surface area contributed by atoms with Crippen LogP contribution < -0.4 is 0 Å². The quantitative estimate of drug-likeness (QED) is 0.169. The van der Waals surface area contributed by atoms with Gasteiger partial charge in [-0.3, -0.25) is 14.1 Å². The number of aromatic hydroxyl groups is 1. The first-order valence-electron chi connectivity index (χ1n) is 19.4. The molecule has 9 aromatic rings. The number of pyridine rings is 1. The summed E-state index contributed by atoms with van der Waals surface area (Å²) >= 11 is 0. The van der Waals surface area contributed by atoms with Gasteiger partial charge in [0.05, 0.1) is 39.6 Å². The van der Waals surface area contributed by atoms with E-state index in [9.17, 15) is 5.11 Å². The molecule has 6 nitrogen and oxygen atoms in total. The molecule has 0 aliphatic heterocycles. The summed E-state index contributed by atoms with van der Waals surface area (Å²) in [6.07, 6.45) is 3.69. The minimum Gasteiger partial charge on any atom is -0.507 e. The van der Waals surface area contributed by atoms with E-state index in [0.29, 0.717) is 11.4 Å². The molecule has 6 aromatic carbocycles. The number of imidazole rings is 2. The molecule has 9 rings (SSSR count). The molecule has 7 heteroatoms. The van der Waals surface area contributed by atoms with E-state index < -0.39 is 0 Å². The van der Waals surface area contributed by atoms with Gasteiger partial charge in [-0.25, -0.2) is 9.97 Å². The Morgan fingerprint density at radius 3 is 2.00 bits per heavy atom. The van der Waals surface area contributed by atoms with Crippen molar-refractivity contribution >= 4 is 22.1 Å². The predicted molar refractivity (Wildman–Crippen MR) is 233 cm³/mol. The SMILES string of the molecule is CC(C)(C)c1cc(-c2nc3c(-c4[c-]c(-c5nccc6c5ncn6-c5ccccc5)ccc4)cccc3n2-c2ccccc2-c2ccccc2)c(O)c(C(C)(C)C)c1.[Pt]. The number of phenols is 1. The summed E-state index contributed by atoms with van der Waals surface area (Å²) in [5.41, 5.74) is 13.3. The zero-order valence-corrected chi connectivity index (χ0v) is 35.7. The normalized spacial score (nSPS) is 11.9. The fourth-order valence-electron chi connectivity index (χ4n) is 7.78. The van der Waals surface area contributed by atoms with Crippen LogP contribution in [0.15, 0.2) is 152 Å². The smallest absolute Gasteiger partial charge is 0.148 e. The van der Waals surface area contributed by atoms with Gasteiger partial charge in [-0.2, -0.15) is 0 Å². The van der Waals surface area contributed by atoms with E-state index in [1.807, 2.05) is 55.0 Å². The second kappa shape index (κ2) is 15.0. The van der Waals surface area contributed by atoms with Gasteiger partial charge in [0.15, 0.2) is 0 Å². The maximum absolute atomic E-state index is 12.3. The monoisotopic (exact) mass is 937 g/mol. The van der Waals surface area contributed by atoms with Gasteiger partial charge in [0.2, 0.25) is 0 Å². The van der Waals surface area contributed by atoms with Crippen molar-refractivity contribution in [2.24, 2.45) is 0 Å². The number of hydrogen-bond donors (Lipinski definition) is 1. The third-order valence-electron chi connectivity index (χ3n) is 10.8. The molecule has 0 atom stereocenters. The van der Waals surface area contributed by atoms with Crippen LogP contribution in [0.25, 0.3) is 78.3 Å². The van der Waals surface area contributed by atoms with E-state index in [1.54, 1.807) is 0 Å². The molecule has 0 aliphatic carbocycles. The molecule has 0 radical (unpaired) electrons. The van der Waals surface area contributed by atoms with Gasteiger partial charge in [0.25, 0.3) is 0 Å². The Hall–Kier alpha value is -6.10. The number of phenolic OH excluding ortho intramolecular Hbond substituents is 1. The second-order valence-corrected chi connectivity index (χ2v) is 16.7. The van der Waals surface area contributed by atoms with Gasteiger partial charge in [-0.05, 0) is 58.4 Å². The van der Waals surface area contributed by atoms with Crippen molar-refractivity contribution in [2.75, 3.05) is 0 Å². The fourth-order valence-corrected chi connectivity index (χ4v) is 7.78. The summed E-state index contributed by atoms with van der Waals surface area (Å²) in [6.45, 7) is 13.1. The average molecular weight is 938 g/mol. The van der Waals surface area contributed by atoms with E-state index in [4.69, 9.17) is 15.0 Å². The largest absolute Gasteiger partial charge is 0.507 e. The summed E-state index contributed by atoms with van der Waals surface area (Å²) in [4.78, 5) is 15.2. The van der Waals surface area contributed by atoms with Crippen LogP contribution in [0.4, 0.5) is 0 Å². The number of fused-ring (bicyclic) bond motifs is 2. The summed E-state index contributed by atoms with van der Waals surface area (Å²) in [6, 6.07) is 51.6. The summed E-state index contributed by atoms with van der Waals surface area (Å²) in [5.74, 6) is 0.914. The number of hydrogen-bond acceptors (Lipinski definition) is 4. The average Bonchev–Trinajstić information content (AvgIpc) is 3.83. The third kappa shape index (κ3) is 6.86. The number of rotatable bonds is 6. The molecule has 0 amide bonds. The first kappa shape index (κ1) is 38.8. The topological polar surface area (TPSA) is 68.8 Å². The van der Waals surface area contributed by atoms with Crippen LogP contribution in [-0.4, -0.2) is 29.2 Å². The fraction of sp³-hybridized carbons (Fsp3) is 0.157. The molecule has 58 heavy (non-hydrogen) atoms. The Labute approximate surface area is 354 Å². The molecule has 0 fully saturated rings. The van der Waals surface area contributed by atoms with E-state index in [-0.39, 0.29) is 37.6 Å². The first-order valence-corrected chi connectivity index (χ1v) is 19.4. The van der Waals surface area contributed by atoms with Crippen LogP contribution in [0.3, 0.4) is 0 Å². The molecule has 3 heterocycles. The molecule has 0 unspecified atom stereocenters. The molecule has 1 N–H and O–H groups in total. The molecule has 0 bridgehead atoms. The Morgan fingerprint density at radius 2 is 1.26 bits per heavy atom. The molecule has 290 valence electrons. The maximum Gasteiger partial charge on any atom is 0.148 e. The van der Waals surface area contributed by atoms with E-state index >= 15 is 0 Å². The molecule has 0 saturated carbocycles. The van der Waals surface area contributed by atoms with Crippen molar-refractivity contribution in [3.8, 4) is 62.0 Å².